The van der Waals surface area contributed by atoms with Crippen LogP contribution in [0.2, 0.25) is 0 Å². The lowest BCUT2D eigenvalue weighted by molar-refractivity contribution is 0.419. The Morgan fingerprint density at radius 1 is 1.24 bits per heavy atom. The summed E-state index contributed by atoms with van der Waals surface area (Å²) in [4.78, 5) is 4.43. The van der Waals surface area contributed by atoms with Crippen LogP contribution in [-0.4, -0.2) is 24.3 Å². The third kappa shape index (κ3) is 3.40. The van der Waals surface area contributed by atoms with Crippen molar-refractivity contribution in [1.82, 2.24) is 9.29 Å². The van der Waals surface area contributed by atoms with Crippen molar-refractivity contribution in [3.63, 3.8) is 0 Å². The maximum Gasteiger partial charge on any atom is 0.243 e. The first-order valence-electron chi connectivity index (χ1n) is 6.71. The van der Waals surface area contributed by atoms with Crippen molar-refractivity contribution in [1.29, 1.82) is 0 Å². The number of sulfonamides is 1. The summed E-state index contributed by atoms with van der Waals surface area (Å²) in [6.45, 7) is 4.18. The predicted molar refractivity (Wildman–Crippen MR) is 83.1 cm³/mol. The number of hydrogen-bond donors (Lipinski definition) is 1. The van der Waals surface area contributed by atoms with Crippen LogP contribution >= 0.6 is 0 Å². The number of anilines is 1. The zero-order chi connectivity index (χ0) is 15.5. The first kappa shape index (κ1) is 15.5. The summed E-state index contributed by atoms with van der Waals surface area (Å²) in [5.74, 6) is 0. The third-order valence-electron chi connectivity index (χ3n) is 3.25. The van der Waals surface area contributed by atoms with Crippen LogP contribution < -0.4 is 5.73 Å². The van der Waals surface area contributed by atoms with Crippen molar-refractivity contribution in [2.45, 2.75) is 25.3 Å². The summed E-state index contributed by atoms with van der Waals surface area (Å²) < 4.78 is 27.0. The van der Waals surface area contributed by atoms with E-state index in [-0.39, 0.29) is 11.4 Å². The molecule has 112 valence electrons. The summed E-state index contributed by atoms with van der Waals surface area (Å²) in [5.41, 5.74) is 7.56. The molecule has 0 aliphatic heterocycles. The van der Waals surface area contributed by atoms with Crippen molar-refractivity contribution in [2.24, 2.45) is 0 Å². The quantitative estimate of drug-likeness (QED) is 0.859. The lowest BCUT2D eigenvalue weighted by atomic mass is 10.2. The Bertz CT molecular complexity index is 715. The number of nitrogens with two attached hydrogens (primary N) is 1. The molecule has 21 heavy (non-hydrogen) atoms. The van der Waals surface area contributed by atoms with Gasteiger partial charge in [0.1, 0.15) is 0 Å². The standard InChI is InChI=1S/C15H19N3O2S/c1-3-18(11-14-6-4-5-9-17-14)21(19,20)15-10-13(16)8-7-12(15)2/h4-10H,3,11,16H2,1-2H3. The molecule has 1 heterocycles. The minimum atomic E-state index is -3.59. The molecule has 0 amide bonds. The average Bonchev–Trinajstić information content (AvgIpc) is 2.48. The topological polar surface area (TPSA) is 76.3 Å². The van der Waals surface area contributed by atoms with E-state index in [9.17, 15) is 8.42 Å². The highest BCUT2D eigenvalue weighted by molar-refractivity contribution is 7.89. The van der Waals surface area contributed by atoms with Crippen LogP contribution in [0, 0.1) is 6.92 Å². The van der Waals surface area contributed by atoms with Crippen LogP contribution in [-0.2, 0) is 16.6 Å². The number of nitrogen functional groups attached to an aromatic ring is 1. The second kappa shape index (κ2) is 6.24. The van der Waals surface area contributed by atoms with Gasteiger partial charge in [0.2, 0.25) is 10.0 Å². The first-order chi connectivity index (χ1) is 9.95. The van der Waals surface area contributed by atoms with Crippen molar-refractivity contribution in [3.8, 4) is 0 Å². The Kier molecular flexibility index (Phi) is 4.59. The number of pyridine rings is 1. The van der Waals surface area contributed by atoms with Gasteiger partial charge in [-0.15, -0.1) is 0 Å². The van der Waals surface area contributed by atoms with E-state index in [1.165, 1.54) is 10.4 Å². The Morgan fingerprint density at radius 3 is 2.62 bits per heavy atom. The van der Waals surface area contributed by atoms with E-state index in [0.29, 0.717) is 23.5 Å². The van der Waals surface area contributed by atoms with Gasteiger partial charge in [0.25, 0.3) is 0 Å². The number of aromatic nitrogens is 1. The fourth-order valence-electron chi connectivity index (χ4n) is 2.07. The lowest BCUT2D eigenvalue weighted by Gasteiger charge is -2.21. The zero-order valence-corrected chi connectivity index (χ0v) is 13.0. The first-order valence-corrected chi connectivity index (χ1v) is 8.15. The molecule has 2 rings (SSSR count). The molecule has 2 aromatic rings. The monoisotopic (exact) mass is 305 g/mol. The van der Waals surface area contributed by atoms with E-state index in [2.05, 4.69) is 4.98 Å². The molecule has 0 aliphatic rings. The van der Waals surface area contributed by atoms with E-state index in [0.717, 1.165) is 0 Å². The summed E-state index contributed by atoms with van der Waals surface area (Å²) in [5, 5.41) is 0. The van der Waals surface area contributed by atoms with Crippen LogP contribution in [0.25, 0.3) is 0 Å². The molecule has 2 N–H and O–H groups in total. The third-order valence-corrected chi connectivity index (χ3v) is 5.31. The molecule has 5 nitrogen and oxygen atoms in total. The molecule has 0 fully saturated rings. The van der Waals surface area contributed by atoms with Crippen LogP contribution in [0.5, 0.6) is 0 Å². The van der Waals surface area contributed by atoms with Crippen LogP contribution in [0.15, 0.2) is 47.5 Å². The second-order valence-electron chi connectivity index (χ2n) is 4.78. The molecule has 0 radical (unpaired) electrons. The van der Waals surface area contributed by atoms with Gasteiger partial charge >= 0.3 is 0 Å². The molecular formula is C15H19N3O2S. The number of aryl methyl sites for hydroxylation is 1. The Hall–Kier alpha value is -1.92. The van der Waals surface area contributed by atoms with Gasteiger partial charge in [-0.1, -0.05) is 19.1 Å². The lowest BCUT2D eigenvalue weighted by Crippen LogP contribution is -2.31. The fraction of sp³-hybridized carbons (Fsp3) is 0.267. The molecule has 0 atom stereocenters. The van der Waals surface area contributed by atoms with Gasteiger partial charge in [-0.3, -0.25) is 4.98 Å². The molecule has 6 heteroatoms. The van der Waals surface area contributed by atoms with Crippen molar-refractivity contribution < 1.29 is 8.42 Å². The maximum absolute atomic E-state index is 12.8. The molecular weight excluding hydrogens is 286 g/mol. The van der Waals surface area contributed by atoms with E-state index in [4.69, 9.17) is 5.73 Å². The van der Waals surface area contributed by atoms with Gasteiger partial charge in [-0.2, -0.15) is 4.31 Å². The van der Waals surface area contributed by atoms with E-state index < -0.39 is 10.0 Å². The summed E-state index contributed by atoms with van der Waals surface area (Å²) in [6, 6.07) is 10.4. The Morgan fingerprint density at radius 2 is 2.00 bits per heavy atom. The summed E-state index contributed by atoms with van der Waals surface area (Å²) in [7, 11) is -3.59. The number of rotatable bonds is 5. The predicted octanol–water partition coefficient (Wildman–Crippen LogP) is 2.18. The van der Waals surface area contributed by atoms with Gasteiger partial charge in [0, 0.05) is 18.4 Å². The molecule has 0 bridgehead atoms. The molecule has 0 saturated carbocycles. The number of nitrogens with zero attached hydrogens (tertiary/aromatic N) is 2. The molecule has 0 saturated heterocycles. The normalized spacial score (nSPS) is 11.8. The second-order valence-corrected chi connectivity index (χ2v) is 6.68. The van der Waals surface area contributed by atoms with E-state index >= 15 is 0 Å². The minimum absolute atomic E-state index is 0.244. The van der Waals surface area contributed by atoms with Crippen molar-refractivity contribution >= 4 is 15.7 Å². The molecule has 0 unspecified atom stereocenters. The molecule has 1 aromatic carbocycles. The highest BCUT2D eigenvalue weighted by Gasteiger charge is 2.25. The van der Waals surface area contributed by atoms with Crippen molar-refractivity contribution in [2.75, 3.05) is 12.3 Å². The van der Waals surface area contributed by atoms with Gasteiger partial charge < -0.3 is 5.73 Å². The highest BCUT2D eigenvalue weighted by atomic mass is 32.2. The van der Waals surface area contributed by atoms with Crippen LogP contribution in [0.4, 0.5) is 5.69 Å². The number of benzene rings is 1. The van der Waals surface area contributed by atoms with Crippen LogP contribution in [0.3, 0.4) is 0 Å². The molecule has 0 aliphatic carbocycles. The van der Waals surface area contributed by atoms with Gasteiger partial charge in [0.05, 0.1) is 17.1 Å². The Balaban J connectivity index is 2.38. The summed E-state index contributed by atoms with van der Waals surface area (Å²) in [6.07, 6.45) is 1.65. The highest BCUT2D eigenvalue weighted by Crippen LogP contribution is 2.23. The van der Waals surface area contributed by atoms with Gasteiger partial charge in [-0.25, -0.2) is 8.42 Å². The molecule has 0 spiro atoms. The molecule has 1 aromatic heterocycles. The van der Waals surface area contributed by atoms with Gasteiger partial charge in [0.15, 0.2) is 0 Å². The summed E-state index contributed by atoms with van der Waals surface area (Å²) >= 11 is 0. The Labute approximate surface area is 125 Å². The largest absolute Gasteiger partial charge is 0.399 e. The van der Waals surface area contributed by atoms with E-state index in [1.807, 2.05) is 19.1 Å². The number of hydrogen-bond acceptors (Lipinski definition) is 4. The van der Waals surface area contributed by atoms with Gasteiger partial charge in [-0.05, 0) is 36.8 Å². The van der Waals surface area contributed by atoms with E-state index in [1.54, 1.807) is 31.3 Å². The zero-order valence-electron chi connectivity index (χ0n) is 12.2. The SMILES string of the molecule is CCN(Cc1ccccn1)S(=O)(=O)c1cc(N)ccc1C. The minimum Gasteiger partial charge on any atom is -0.399 e. The average molecular weight is 305 g/mol. The fourth-order valence-corrected chi connectivity index (χ4v) is 3.75. The van der Waals surface area contributed by atoms with Crippen molar-refractivity contribution in [3.05, 3.63) is 53.9 Å². The maximum atomic E-state index is 12.8. The smallest absolute Gasteiger partial charge is 0.243 e. The van der Waals surface area contributed by atoms with Crippen LogP contribution in [0.1, 0.15) is 18.2 Å².